The van der Waals surface area contributed by atoms with E-state index < -0.39 is 0 Å². The molecule has 106 valence electrons. The third-order valence-electron chi connectivity index (χ3n) is 3.48. The molecule has 1 aliphatic heterocycles. The Morgan fingerprint density at radius 2 is 2.00 bits per heavy atom. The number of furan rings is 1. The molecule has 3 aromatic rings. The van der Waals surface area contributed by atoms with Crippen LogP contribution in [0.3, 0.4) is 0 Å². The van der Waals surface area contributed by atoms with Crippen molar-refractivity contribution < 1.29 is 13.9 Å². The zero-order chi connectivity index (χ0) is 14.2. The van der Waals surface area contributed by atoms with Gasteiger partial charge in [0, 0.05) is 11.6 Å². The lowest BCUT2D eigenvalue weighted by atomic mass is 10.1. The monoisotopic (exact) mass is 282 g/mol. The van der Waals surface area contributed by atoms with Crippen LogP contribution in [0, 0.1) is 6.92 Å². The van der Waals surface area contributed by atoms with E-state index in [0.717, 1.165) is 39.6 Å². The Morgan fingerprint density at radius 3 is 2.81 bits per heavy atom. The summed E-state index contributed by atoms with van der Waals surface area (Å²) in [4.78, 5) is 4.41. The molecule has 21 heavy (non-hydrogen) atoms. The van der Waals surface area contributed by atoms with Gasteiger partial charge in [0.15, 0.2) is 11.5 Å². The first-order valence-corrected chi connectivity index (χ1v) is 6.77. The molecule has 0 spiro atoms. The largest absolute Gasteiger partial charge is 0.465 e. The molecule has 0 aliphatic carbocycles. The number of aromatic nitrogens is 1. The molecular weight excluding hydrogens is 268 g/mol. The van der Waals surface area contributed by atoms with Gasteiger partial charge < -0.3 is 19.2 Å². The minimum atomic E-state index is 0.271. The van der Waals surface area contributed by atoms with Crippen molar-refractivity contribution in [3.8, 4) is 11.5 Å². The molecule has 1 aromatic carbocycles. The number of ether oxygens (including phenoxy) is 2. The number of aryl methyl sites for hydroxylation is 1. The fourth-order valence-electron chi connectivity index (χ4n) is 2.45. The highest BCUT2D eigenvalue weighted by atomic mass is 16.7. The first-order valence-electron chi connectivity index (χ1n) is 6.77. The quantitative estimate of drug-likeness (QED) is 0.797. The van der Waals surface area contributed by atoms with Gasteiger partial charge in [0.25, 0.3) is 0 Å². The Morgan fingerprint density at radius 1 is 1.14 bits per heavy atom. The van der Waals surface area contributed by atoms with Crippen LogP contribution < -0.4 is 14.8 Å². The van der Waals surface area contributed by atoms with Gasteiger partial charge in [-0.3, -0.25) is 0 Å². The van der Waals surface area contributed by atoms with Crippen molar-refractivity contribution in [2.75, 3.05) is 12.1 Å². The van der Waals surface area contributed by atoms with Gasteiger partial charge in [-0.05, 0) is 42.6 Å². The lowest BCUT2D eigenvalue weighted by molar-refractivity contribution is 0.174. The number of fused-ring (bicyclic) bond motifs is 2. The Kier molecular flexibility index (Phi) is 2.70. The summed E-state index contributed by atoms with van der Waals surface area (Å²) in [7, 11) is 0. The van der Waals surface area contributed by atoms with Crippen molar-refractivity contribution in [2.45, 2.75) is 13.5 Å². The summed E-state index contributed by atoms with van der Waals surface area (Å²) in [5.41, 5.74) is 0. The predicted octanol–water partition coefficient (Wildman–Crippen LogP) is 3.48. The summed E-state index contributed by atoms with van der Waals surface area (Å²) < 4.78 is 16.4. The molecule has 5 heteroatoms. The van der Waals surface area contributed by atoms with E-state index in [4.69, 9.17) is 13.9 Å². The summed E-state index contributed by atoms with van der Waals surface area (Å²) in [6.45, 7) is 2.79. The lowest BCUT2D eigenvalue weighted by Crippen LogP contribution is -2.00. The normalized spacial score (nSPS) is 12.8. The van der Waals surface area contributed by atoms with Gasteiger partial charge in [-0.25, -0.2) is 4.98 Å². The van der Waals surface area contributed by atoms with Crippen LogP contribution in [0.25, 0.3) is 10.8 Å². The molecule has 5 nitrogen and oxygen atoms in total. The average Bonchev–Trinajstić information content (AvgIpc) is 3.11. The molecule has 1 aliphatic rings. The second kappa shape index (κ2) is 4.70. The van der Waals surface area contributed by atoms with Gasteiger partial charge in [0.05, 0.1) is 6.54 Å². The highest BCUT2D eigenvalue weighted by Crippen LogP contribution is 2.37. The third kappa shape index (κ3) is 2.16. The van der Waals surface area contributed by atoms with E-state index in [1.54, 1.807) is 6.20 Å². The second-order valence-electron chi connectivity index (χ2n) is 4.95. The smallest absolute Gasteiger partial charge is 0.231 e. The van der Waals surface area contributed by atoms with E-state index >= 15 is 0 Å². The minimum absolute atomic E-state index is 0.271. The summed E-state index contributed by atoms with van der Waals surface area (Å²) in [5.74, 6) is 4.13. The first-order chi connectivity index (χ1) is 10.3. The molecule has 0 atom stereocenters. The molecule has 0 saturated carbocycles. The van der Waals surface area contributed by atoms with Gasteiger partial charge in [-0.2, -0.15) is 0 Å². The second-order valence-corrected chi connectivity index (χ2v) is 4.95. The van der Waals surface area contributed by atoms with Gasteiger partial charge in [-0.15, -0.1) is 0 Å². The molecule has 1 N–H and O–H groups in total. The van der Waals surface area contributed by atoms with Crippen molar-refractivity contribution in [1.29, 1.82) is 0 Å². The van der Waals surface area contributed by atoms with Gasteiger partial charge in [0.2, 0.25) is 6.79 Å². The predicted molar refractivity (Wildman–Crippen MR) is 78.6 cm³/mol. The van der Waals surface area contributed by atoms with Crippen molar-refractivity contribution in [1.82, 2.24) is 4.98 Å². The van der Waals surface area contributed by atoms with Crippen LogP contribution in [0.15, 0.2) is 40.9 Å². The molecule has 0 unspecified atom stereocenters. The highest BCUT2D eigenvalue weighted by molar-refractivity contribution is 5.94. The number of rotatable bonds is 3. The van der Waals surface area contributed by atoms with Crippen LogP contribution in [-0.4, -0.2) is 11.8 Å². The topological polar surface area (TPSA) is 56.5 Å². The fourth-order valence-corrected chi connectivity index (χ4v) is 2.45. The fraction of sp³-hybridized carbons (Fsp3) is 0.188. The molecule has 0 saturated heterocycles. The Balaban J connectivity index is 1.68. The maximum atomic E-state index is 5.56. The number of pyridine rings is 1. The number of nitrogens with zero attached hydrogens (tertiary/aromatic N) is 1. The third-order valence-corrected chi connectivity index (χ3v) is 3.48. The van der Waals surface area contributed by atoms with E-state index in [1.807, 2.05) is 37.3 Å². The van der Waals surface area contributed by atoms with Crippen molar-refractivity contribution in [3.05, 3.63) is 48.0 Å². The SMILES string of the molecule is Cc1ccc(CNc2nccc3cc4c(cc23)OCO4)o1. The maximum Gasteiger partial charge on any atom is 0.231 e. The Labute approximate surface area is 121 Å². The van der Waals surface area contributed by atoms with Crippen LogP contribution in [0.4, 0.5) is 5.82 Å². The van der Waals surface area contributed by atoms with E-state index in [9.17, 15) is 0 Å². The molecule has 4 rings (SSSR count). The highest BCUT2D eigenvalue weighted by Gasteiger charge is 2.15. The summed E-state index contributed by atoms with van der Waals surface area (Å²) in [6.07, 6.45) is 1.78. The van der Waals surface area contributed by atoms with Crippen LogP contribution in [-0.2, 0) is 6.54 Å². The van der Waals surface area contributed by atoms with E-state index in [1.165, 1.54) is 0 Å². The standard InChI is InChI=1S/C16H14N2O3/c1-10-2-3-12(21-10)8-18-16-13-7-15-14(19-9-20-15)6-11(13)4-5-17-16/h2-7H,8-9H2,1H3,(H,17,18). The number of hydrogen-bond donors (Lipinski definition) is 1. The van der Waals surface area contributed by atoms with E-state index in [-0.39, 0.29) is 6.79 Å². The first kappa shape index (κ1) is 12.1. The van der Waals surface area contributed by atoms with Crippen molar-refractivity contribution in [3.63, 3.8) is 0 Å². The molecular formula is C16H14N2O3. The molecule has 0 radical (unpaired) electrons. The lowest BCUT2D eigenvalue weighted by Gasteiger charge is -2.08. The molecule has 2 aromatic heterocycles. The van der Waals surface area contributed by atoms with Gasteiger partial charge in [0.1, 0.15) is 17.3 Å². The average molecular weight is 282 g/mol. The van der Waals surface area contributed by atoms with E-state index in [0.29, 0.717) is 6.54 Å². The van der Waals surface area contributed by atoms with E-state index in [2.05, 4.69) is 10.3 Å². The zero-order valence-electron chi connectivity index (χ0n) is 11.6. The maximum absolute atomic E-state index is 5.56. The molecule has 3 heterocycles. The molecule has 0 amide bonds. The Hall–Kier alpha value is -2.69. The van der Waals surface area contributed by atoms with Crippen LogP contribution in [0.5, 0.6) is 11.5 Å². The van der Waals surface area contributed by atoms with Gasteiger partial charge >= 0.3 is 0 Å². The molecule has 0 bridgehead atoms. The van der Waals surface area contributed by atoms with Crippen LogP contribution >= 0.6 is 0 Å². The molecule has 0 fully saturated rings. The van der Waals surface area contributed by atoms with Crippen LogP contribution in [0.1, 0.15) is 11.5 Å². The zero-order valence-corrected chi connectivity index (χ0v) is 11.6. The number of benzene rings is 1. The number of hydrogen-bond acceptors (Lipinski definition) is 5. The van der Waals surface area contributed by atoms with Crippen LogP contribution in [0.2, 0.25) is 0 Å². The summed E-state index contributed by atoms with van der Waals surface area (Å²) >= 11 is 0. The summed E-state index contributed by atoms with van der Waals surface area (Å²) in [6, 6.07) is 9.80. The summed E-state index contributed by atoms with van der Waals surface area (Å²) in [5, 5.41) is 5.37. The minimum Gasteiger partial charge on any atom is -0.465 e. The van der Waals surface area contributed by atoms with Crippen molar-refractivity contribution in [2.24, 2.45) is 0 Å². The number of nitrogens with one attached hydrogen (secondary N) is 1. The van der Waals surface area contributed by atoms with Gasteiger partial charge in [-0.1, -0.05) is 0 Å². The van der Waals surface area contributed by atoms with Crippen molar-refractivity contribution >= 4 is 16.6 Å². The Bertz CT molecular complexity index is 810. The number of anilines is 1.